The van der Waals surface area contributed by atoms with E-state index in [9.17, 15) is 13.2 Å². The average molecular weight is 531 g/mol. The third-order valence-electron chi connectivity index (χ3n) is 5.13. The van der Waals surface area contributed by atoms with Gasteiger partial charge in [-0.25, -0.2) is 13.8 Å². The van der Waals surface area contributed by atoms with Crippen LogP contribution < -0.4 is 9.73 Å². The zero-order valence-corrected chi connectivity index (χ0v) is 21.7. The lowest BCUT2D eigenvalue weighted by atomic mass is 10.1. The van der Waals surface area contributed by atoms with E-state index in [1.807, 2.05) is 64.1 Å². The van der Waals surface area contributed by atoms with Crippen LogP contribution in [0.2, 0.25) is 0 Å². The van der Waals surface area contributed by atoms with Gasteiger partial charge >= 0.3 is 0 Å². The molecule has 0 fully saturated rings. The van der Waals surface area contributed by atoms with Crippen molar-refractivity contribution < 1.29 is 13.2 Å². The Kier molecular flexibility index (Phi) is 7.44. The maximum Gasteiger partial charge on any atom is 0.260 e. The topological polar surface area (TPSA) is 83.8 Å². The van der Waals surface area contributed by atoms with E-state index < -0.39 is 15.9 Å². The summed E-state index contributed by atoms with van der Waals surface area (Å²) in [6.45, 7) is 7.37. The third kappa shape index (κ3) is 6.11. The number of carbonyl (C=O) groups excluding carboxylic acids is 1. The molecule has 0 saturated carbocycles. The van der Waals surface area contributed by atoms with Crippen LogP contribution in [0.3, 0.4) is 0 Å². The molecule has 0 aliphatic heterocycles. The Morgan fingerprint density at radius 2 is 1.67 bits per heavy atom. The van der Waals surface area contributed by atoms with E-state index in [0.717, 1.165) is 48.8 Å². The second-order valence-electron chi connectivity index (χ2n) is 8.05. The van der Waals surface area contributed by atoms with E-state index in [1.165, 1.54) is 0 Å². The van der Waals surface area contributed by atoms with Crippen LogP contribution in [-0.4, -0.2) is 37.9 Å². The van der Waals surface area contributed by atoms with Crippen LogP contribution in [0.25, 0.3) is 5.69 Å². The number of carbonyl (C=O) groups is 1. The van der Waals surface area contributed by atoms with Crippen LogP contribution in [0.15, 0.2) is 58.1 Å². The molecule has 3 rings (SSSR count). The third-order valence-corrected chi connectivity index (χ3v) is 6.80. The van der Waals surface area contributed by atoms with Crippen LogP contribution in [-0.2, 0) is 14.8 Å². The molecule has 0 spiro atoms. The first kappa shape index (κ1) is 24.7. The van der Waals surface area contributed by atoms with Crippen molar-refractivity contribution >= 4 is 43.8 Å². The lowest BCUT2D eigenvalue weighted by molar-refractivity contribution is -0.119. The standard InChI is InChI=1S/C24H27BrN4O3S/c1-16-10-17(2)12-23(11-16)28(33(5,31)32)15-24(30)27-26-14-20-13-18(3)29(19(20)4)22-8-6-21(25)7-9-22/h6-14H,15H2,1-5H3,(H,27,30)/b26-14-. The smallest absolute Gasteiger partial charge is 0.260 e. The molecular weight excluding hydrogens is 504 g/mol. The molecule has 33 heavy (non-hydrogen) atoms. The monoisotopic (exact) mass is 530 g/mol. The van der Waals surface area contributed by atoms with Crippen molar-refractivity contribution in [3.63, 3.8) is 0 Å². The summed E-state index contributed by atoms with van der Waals surface area (Å²) < 4.78 is 28.8. The average Bonchev–Trinajstić information content (AvgIpc) is 2.98. The van der Waals surface area contributed by atoms with Gasteiger partial charge in [-0.3, -0.25) is 9.10 Å². The molecule has 174 valence electrons. The summed E-state index contributed by atoms with van der Waals surface area (Å²) in [5.74, 6) is -0.530. The Bertz CT molecular complexity index is 1290. The molecule has 0 unspecified atom stereocenters. The Labute approximate surface area is 203 Å². The molecule has 2 aromatic carbocycles. The quantitative estimate of drug-likeness (QED) is 0.363. The molecule has 9 heteroatoms. The summed E-state index contributed by atoms with van der Waals surface area (Å²) in [5.41, 5.74) is 8.60. The predicted octanol–water partition coefficient (Wildman–Crippen LogP) is 4.39. The van der Waals surface area contributed by atoms with E-state index in [0.29, 0.717) is 5.69 Å². The molecule has 1 N–H and O–H groups in total. The van der Waals surface area contributed by atoms with Crippen LogP contribution in [0.5, 0.6) is 0 Å². The zero-order valence-electron chi connectivity index (χ0n) is 19.3. The Balaban J connectivity index is 1.75. The van der Waals surface area contributed by atoms with Crippen LogP contribution >= 0.6 is 15.9 Å². The molecule has 1 heterocycles. The highest BCUT2D eigenvalue weighted by Gasteiger charge is 2.21. The molecule has 0 atom stereocenters. The summed E-state index contributed by atoms with van der Waals surface area (Å²) in [7, 11) is -3.65. The first-order valence-electron chi connectivity index (χ1n) is 10.3. The SMILES string of the molecule is Cc1cc(C)cc(N(CC(=O)N/N=C\c2cc(C)n(-c3ccc(Br)cc3)c2C)S(C)(=O)=O)c1. The van der Waals surface area contributed by atoms with Crippen molar-refractivity contribution in [2.45, 2.75) is 27.7 Å². The fourth-order valence-electron chi connectivity index (χ4n) is 3.74. The first-order chi connectivity index (χ1) is 15.5. The summed E-state index contributed by atoms with van der Waals surface area (Å²) in [6.07, 6.45) is 2.65. The van der Waals surface area contributed by atoms with Gasteiger partial charge in [-0.1, -0.05) is 22.0 Å². The maximum absolute atomic E-state index is 12.5. The molecule has 0 radical (unpaired) electrons. The van der Waals surface area contributed by atoms with E-state index in [1.54, 1.807) is 18.3 Å². The molecule has 1 amide bonds. The molecular formula is C24H27BrN4O3S. The van der Waals surface area contributed by atoms with Gasteiger partial charge in [0.2, 0.25) is 10.0 Å². The zero-order chi connectivity index (χ0) is 24.3. The number of hydrogen-bond donors (Lipinski definition) is 1. The molecule has 0 bridgehead atoms. The van der Waals surface area contributed by atoms with Crippen molar-refractivity contribution in [3.8, 4) is 5.69 Å². The number of anilines is 1. The van der Waals surface area contributed by atoms with E-state index in [-0.39, 0.29) is 6.54 Å². The molecule has 7 nitrogen and oxygen atoms in total. The van der Waals surface area contributed by atoms with Gasteiger partial charge in [0.1, 0.15) is 6.54 Å². The number of sulfonamides is 1. The van der Waals surface area contributed by atoms with Gasteiger partial charge in [-0.05, 0) is 81.3 Å². The predicted molar refractivity (Wildman–Crippen MR) is 137 cm³/mol. The van der Waals surface area contributed by atoms with Gasteiger partial charge in [-0.15, -0.1) is 0 Å². The van der Waals surface area contributed by atoms with Crippen molar-refractivity contribution in [3.05, 3.63) is 81.1 Å². The minimum atomic E-state index is -3.65. The number of hydrogen-bond acceptors (Lipinski definition) is 4. The minimum Gasteiger partial charge on any atom is -0.318 e. The normalized spacial score (nSPS) is 11.7. The fourth-order valence-corrected chi connectivity index (χ4v) is 4.84. The first-order valence-corrected chi connectivity index (χ1v) is 12.9. The number of nitrogens with zero attached hydrogens (tertiary/aromatic N) is 3. The largest absolute Gasteiger partial charge is 0.318 e. The number of amides is 1. The second kappa shape index (κ2) is 9.93. The molecule has 0 aliphatic rings. The minimum absolute atomic E-state index is 0.364. The highest BCUT2D eigenvalue weighted by molar-refractivity contribution is 9.10. The van der Waals surface area contributed by atoms with Crippen molar-refractivity contribution in [1.29, 1.82) is 0 Å². The van der Waals surface area contributed by atoms with Crippen LogP contribution in [0, 0.1) is 27.7 Å². The van der Waals surface area contributed by atoms with Gasteiger partial charge in [0.15, 0.2) is 0 Å². The second-order valence-corrected chi connectivity index (χ2v) is 10.9. The van der Waals surface area contributed by atoms with Crippen molar-refractivity contribution in [1.82, 2.24) is 9.99 Å². The number of halogens is 1. The summed E-state index contributed by atoms with van der Waals surface area (Å²) in [6, 6.07) is 15.4. The van der Waals surface area contributed by atoms with E-state index in [4.69, 9.17) is 0 Å². The lowest BCUT2D eigenvalue weighted by Gasteiger charge is -2.22. The van der Waals surface area contributed by atoms with Gasteiger partial charge < -0.3 is 4.57 Å². The Morgan fingerprint density at radius 1 is 1.06 bits per heavy atom. The van der Waals surface area contributed by atoms with E-state index >= 15 is 0 Å². The van der Waals surface area contributed by atoms with Crippen LogP contribution in [0.1, 0.15) is 28.1 Å². The Hall–Kier alpha value is -2.91. The number of aryl methyl sites for hydroxylation is 3. The number of hydrazone groups is 1. The maximum atomic E-state index is 12.5. The van der Waals surface area contributed by atoms with E-state index in [2.05, 4.69) is 31.0 Å². The van der Waals surface area contributed by atoms with Gasteiger partial charge in [-0.2, -0.15) is 5.10 Å². The fraction of sp³-hybridized carbons (Fsp3) is 0.250. The summed E-state index contributed by atoms with van der Waals surface area (Å²) >= 11 is 3.45. The molecule has 1 aromatic heterocycles. The number of benzene rings is 2. The van der Waals surface area contributed by atoms with Gasteiger partial charge in [0.25, 0.3) is 5.91 Å². The molecule has 0 saturated heterocycles. The van der Waals surface area contributed by atoms with Gasteiger partial charge in [0, 0.05) is 27.1 Å². The van der Waals surface area contributed by atoms with Crippen LogP contribution in [0.4, 0.5) is 5.69 Å². The van der Waals surface area contributed by atoms with Crippen molar-refractivity contribution in [2.24, 2.45) is 5.10 Å². The molecule has 0 aliphatic carbocycles. The number of aromatic nitrogens is 1. The Morgan fingerprint density at radius 3 is 2.24 bits per heavy atom. The number of nitrogens with one attached hydrogen (secondary N) is 1. The highest BCUT2D eigenvalue weighted by atomic mass is 79.9. The van der Waals surface area contributed by atoms with Gasteiger partial charge in [0.05, 0.1) is 18.2 Å². The lowest BCUT2D eigenvalue weighted by Crippen LogP contribution is -2.39. The highest BCUT2D eigenvalue weighted by Crippen LogP contribution is 2.22. The van der Waals surface area contributed by atoms with Crippen molar-refractivity contribution in [2.75, 3.05) is 17.1 Å². The summed E-state index contributed by atoms with van der Waals surface area (Å²) in [4.78, 5) is 12.5. The molecule has 3 aromatic rings. The number of rotatable bonds is 7. The summed E-state index contributed by atoms with van der Waals surface area (Å²) in [5, 5.41) is 4.06.